The summed E-state index contributed by atoms with van der Waals surface area (Å²) >= 11 is 5.99. The number of benzene rings is 2. The van der Waals surface area contributed by atoms with Gasteiger partial charge in [-0.25, -0.2) is 4.39 Å². The molecule has 0 saturated heterocycles. The van der Waals surface area contributed by atoms with E-state index in [2.05, 4.69) is 17.4 Å². The number of nitrogens with one attached hydrogen (secondary N) is 1. The van der Waals surface area contributed by atoms with Crippen molar-refractivity contribution in [3.63, 3.8) is 0 Å². The molecule has 3 rings (SSSR count). The van der Waals surface area contributed by atoms with E-state index in [-0.39, 0.29) is 18.5 Å². The predicted molar refractivity (Wildman–Crippen MR) is 88.7 cm³/mol. The van der Waals surface area contributed by atoms with Gasteiger partial charge in [-0.15, -0.1) is 0 Å². The number of amides is 1. The van der Waals surface area contributed by atoms with Crippen molar-refractivity contribution >= 4 is 17.5 Å². The van der Waals surface area contributed by atoms with Crippen LogP contribution in [0.3, 0.4) is 0 Å². The van der Waals surface area contributed by atoms with E-state index in [1.807, 2.05) is 24.1 Å². The number of carbonyl (C=O) groups excluding carboxylic acids is 1. The molecule has 0 fully saturated rings. The molecule has 1 aliphatic rings. The summed E-state index contributed by atoms with van der Waals surface area (Å²) in [5.41, 5.74) is 2.76. The smallest absolute Gasteiger partial charge is 0.237 e. The number of halogens is 2. The molecule has 1 heterocycles. The highest BCUT2D eigenvalue weighted by Gasteiger charge is 2.28. The Labute approximate surface area is 140 Å². The van der Waals surface area contributed by atoms with Gasteiger partial charge in [0.15, 0.2) is 0 Å². The average molecular weight is 333 g/mol. The van der Waals surface area contributed by atoms with Gasteiger partial charge in [0.05, 0.1) is 6.04 Å². The molecule has 2 aromatic rings. The Morgan fingerprint density at radius 3 is 2.74 bits per heavy atom. The Morgan fingerprint density at radius 2 is 2.00 bits per heavy atom. The Balaban J connectivity index is 1.69. The molecule has 0 bridgehead atoms. The van der Waals surface area contributed by atoms with Crippen LogP contribution in [0.5, 0.6) is 0 Å². The number of likely N-dealkylation sites (N-methyl/N-ethyl adjacent to an activating group) is 1. The van der Waals surface area contributed by atoms with Gasteiger partial charge in [-0.2, -0.15) is 0 Å². The van der Waals surface area contributed by atoms with Crippen LogP contribution in [-0.4, -0.2) is 23.9 Å². The maximum atomic E-state index is 13.8. The minimum atomic E-state index is -0.403. The first kappa shape index (κ1) is 16.0. The van der Waals surface area contributed by atoms with Crippen molar-refractivity contribution in [3.8, 4) is 0 Å². The molecule has 0 aromatic heterocycles. The van der Waals surface area contributed by atoms with Gasteiger partial charge in [0.1, 0.15) is 5.82 Å². The van der Waals surface area contributed by atoms with Crippen molar-refractivity contribution in [2.24, 2.45) is 0 Å². The van der Waals surface area contributed by atoms with E-state index in [1.54, 1.807) is 12.1 Å². The number of hydrogen-bond donors (Lipinski definition) is 1. The third-order valence-electron chi connectivity index (χ3n) is 4.29. The van der Waals surface area contributed by atoms with Crippen LogP contribution in [-0.2, 0) is 24.3 Å². The number of rotatable bonds is 3. The summed E-state index contributed by atoms with van der Waals surface area (Å²) < 4.78 is 13.8. The Bertz CT molecular complexity index is 714. The SMILES string of the molecule is CN1Cc2ccccc2CC1C(=O)NCc1c(F)cccc1Cl. The van der Waals surface area contributed by atoms with Gasteiger partial charge in [-0.05, 0) is 36.7 Å². The van der Waals surface area contributed by atoms with Gasteiger partial charge < -0.3 is 5.32 Å². The molecule has 0 aliphatic carbocycles. The third-order valence-corrected chi connectivity index (χ3v) is 4.64. The van der Waals surface area contributed by atoms with E-state index in [0.29, 0.717) is 17.0 Å². The average Bonchev–Trinajstić information content (AvgIpc) is 2.53. The first-order chi connectivity index (χ1) is 11.1. The molecule has 1 aliphatic heterocycles. The number of fused-ring (bicyclic) bond motifs is 1. The van der Waals surface area contributed by atoms with Gasteiger partial charge in [-0.1, -0.05) is 41.9 Å². The molecule has 5 heteroatoms. The van der Waals surface area contributed by atoms with Crippen molar-refractivity contribution in [2.75, 3.05) is 7.05 Å². The fraction of sp³-hybridized carbons (Fsp3) is 0.278. The van der Waals surface area contributed by atoms with E-state index in [1.165, 1.54) is 17.2 Å². The zero-order chi connectivity index (χ0) is 16.4. The summed E-state index contributed by atoms with van der Waals surface area (Å²) in [6.45, 7) is 0.824. The third kappa shape index (κ3) is 3.38. The zero-order valence-electron chi connectivity index (χ0n) is 12.9. The zero-order valence-corrected chi connectivity index (χ0v) is 13.6. The van der Waals surface area contributed by atoms with E-state index in [0.717, 1.165) is 6.54 Å². The maximum Gasteiger partial charge on any atom is 0.237 e. The summed E-state index contributed by atoms with van der Waals surface area (Å²) in [7, 11) is 1.93. The molecule has 1 N–H and O–H groups in total. The molecule has 1 amide bonds. The Hall–Kier alpha value is -1.91. The quantitative estimate of drug-likeness (QED) is 0.936. The second-order valence-electron chi connectivity index (χ2n) is 5.82. The van der Waals surface area contributed by atoms with Gasteiger partial charge in [0, 0.05) is 23.7 Å². The van der Waals surface area contributed by atoms with Crippen LogP contribution in [0.15, 0.2) is 42.5 Å². The summed E-state index contributed by atoms with van der Waals surface area (Å²) in [6, 6.07) is 12.4. The topological polar surface area (TPSA) is 32.3 Å². The van der Waals surface area contributed by atoms with Crippen molar-refractivity contribution in [3.05, 3.63) is 70.0 Å². The van der Waals surface area contributed by atoms with E-state index < -0.39 is 5.82 Å². The lowest BCUT2D eigenvalue weighted by Gasteiger charge is -2.33. The van der Waals surface area contributed by atoms with Gasteiger partial charge >= 0.3 is 0 Å². The minimum Gasteiger partial charge on any atom is -0.350 e. The normalized spacial score (nSPS) is 17.6. The highest BCUT2D eigenvalue weighted by Crippen LogP contribution is 2.23. The highest BCUT2D eigenvalue weighted by molar-refractivity contribution is 6.31. The van der Waals surface area contributed by atoms with Crippen molar-refractivity contribution in [1.29, 1.82) is 0 Å². The summed E-state index contributed by atoms with van der Waals surface area (Å²) in [5.74, 6) is -0.513. The molecular weight excluding hydrogens is 315 g/mol. The summed E-state index contributed by atoms with van der Waals surface area (Å²) in [5, 5.41) is 3.13. The van der Waals surface area contributed by atoms with Crippen LogP contribution < -0.4 is 5.32 Å². The van der Waals surface area contributed by atoms with Gasteiger partial charge in [0.25, 0.3) is 0 Å². The number of carbonyl (C=O) groups is 1. The molecule has 1 unspecified atom stereocenters. The van der Waals surface area contributed by atoms with Crippen LogP contribution in [0.2, 0.25) is 5.02 Å². The van der Waals surface area contributed by atoms with Crippen LogP contribution in [0, 0.1) is 5.82 Å². The standard InChI is InChI=1S/C18H18ClFN2O/c1-22-11-13-6-3-2-5-12(13)9-17(22)18(23)21-10-14-15(19)7-4-8-16(14)20/h2-8,17H,9-11H2,1H3,(H,21,23). The largest absolute Gasteiger partial charge is 0.350 e. The Morgan fingerprint density at radius 1 is 1.26 bits per heavy atom. The molecule has 120 valence electrons. The monoisotopic (exact) mass is 332 g/mol. The fourth-order valence-electron chi connectivity index (χ4n) is 2.94. The molecular formula is C18H18ClFN2O. The highest BCUT2D eigenvalue weighted by atomic mass is 35.5. The lowest BCUT2D eigenvalue weighted by molar-refractivity contribution is -0.126. The lowest BCUT2D eigenvalue weighted by atomic mass is 9.94. The maximum absolute atomic E-state index is 13.8. The van der Waals surface area contributed by atoms with Crippen LogP contribution in [0.4, 0.5) is 4.39 Å². The first-order valence-corrected chi connectivity index (χ1v) is 7.91. The van der Waals surface area contributed by atoms with Crippen molar-refractivity contribution in [1.82, 2.24) is 10.2 Å². The van der Waals surface area contributed by atoms with Crippen molar-refractivity contribution < 1.29 is 9.18 Å². The molecule has 3 nitrogen and oxygen atoms in total. The molecule has 1 atom stereocenters. The number of nitrogens with zero attached hydrogens (tertiary/aromatic N) is 1. The minimum absolute atomic E-state index is 0.0936. The van der Waals surface area contributed by atoms with Crippen LogP contribution >= 0.6 is 11.6 Å². The van der Waals surface area contributed by atoms with Crippen molar-refractivity contribution in [2.45, 2.75) is 25.6 Å². The second kappa shape index (κ2) is 6.69. The second-order valence-corrected chi connectivity index (χ2v) is 6.23. The molecule has 0 saturated carbocycles. The van der Waals surface area contributed by atoms with Crippen LogP contribution in [0.25, 0.3) is 0 Å². The van der Waals surface area contributed by atoms with Gasteiger partial charge in [-0.3, -0.25) is 9.69 Å². The van der Waals surface area contributed by atoms with Gasteiger partial charge in [0.2, 0.25) is 5.91 Å². The predicted octanol–water partition coefficient (Wildman–Crippen LogP) is 3.15. The molecule has 2 aromatic carbocycles. The van der Waals surface area contributed by atoms with Crippen LogP contribution in [0.1, 0.15) is 16.7 Å². The van der Waals surface area contributed by atoms with E-state index >= 15 is 0 Å². The summed E-state index contributed by atoms with van der Waals surface area (Å²) in [6.07, 6.45) is 0.656. The first-order valence-electron chi connectivity index (χ1n) is 7.54. The molecule has 0 spiro atoms. The molecule has 0 radical (unpaired) electrons. The Kier molecular flexibility index (Phi) is 4.64. The molecule has 23 heavy (non-hydrogen) atoms. The summed E-state index contributed by atoms with van der Waals surface area (Å²) in [4.78, 5) is 14.5. The lowest BCUT2D eigenvalue weighted by Crippen LogP contribution is -2.48. The van der Waals surface area contributed by atoms with E-state index in [4.69, 9.17) is 11.6 Å². The fourth-order valence-corrected chi connectivity index (χ4v) is 3.17. The van der Waals surface area contributed by atoms with E-state index in [9.17, 15) is 9.18 Å². The number of hydrogen-bond acceptors (Lipinski definition) is 2.